The summed E-state index contributed by atoms with van der Waals surface area (Å²) in [6.45, 7) is 4.32. The third-order valence-electron chi connectivity index (χ3n) is 5.98. The van der Waals surface area contributed by atoms with Crippen LogP contribution in [0.25, 0.3) is 0 Å². The van der Waals surface area contributed by atoms with Gasteiger partial charge in [-0.15, -0.1) is 0 Å². The molecule has 4 rings (SSSR count). The van der Waals surface area contributed by atoms with Gasteiger partial charge in [-0.3, -0.25) is 0 Å². The molecule has 1 amide bonds. The summed E-state index contributed by atoms with van der Waals surface area (Å²) in [6.07, 6.45) is 6.74. The molecule has 2 atom stereocenters. The number of nitrogens with one attached hydrogen (secondary N) is 1. The van der Waals surface area contributed by atoms with E-state index in [0.29, 0.717) is 0 Å². The van der Waals surface area contributed by atoms with Crippen LogP contribution in [-0.4, -0.2) is 24.3 Å². The number of hydrogen-bond acceptors (Lipinski definition) is 3. The van der Waals surface area contributed by atoms with Gasteiger partial charge in [0.05, 0.1) is 7.11 Å². The molecule has 3 N–H and O–H groups in total. The van der Waals surface area contributed by atoms with Gasteiger partial charge in [0.15, 0.2) is 0 Å². The Labute approximate surface area is 115 Å². The second-order valence-electron chi connectivity index (χ2n) is 7.86. The predicted molar refractivity (Wildman–Crippen MR) is 73.7 cm³/mol. The summed E-state index contributed by atoms with van der Waals surface area (Å²) >= 11 is 0. The number of methoxy groups -OCH3 is 1. The van der Waals surface area contributed by atoms with E-state index < -0.39 is 0 Å². The maximum Gasteiger partial charge on any atom is 0.407 e. The van der Waals surface area contributed by atoms with Crippen LogP contribution in [0, 0.1) is 17.3 Å². The fourth-order valence-corrected chi connectivity index (χ4v) is 5.43. The van der Waals surface area contributed by atoms with E-state index in [-0.39, 0.29) is 22.6 Å². The van der Waals surface area contributed by atoms with Gasteiger partial charge in [0.2, 0.25) is 0 Å². The molecule has 0 heterocycles. The van der Waals surface area contributed by atoms with Crippen molar-refractivity contribution in [2.75, 3.05) is 7.11 Å². The van der Waals surface area contributed by atoms with Crippen LogP contribution in [-0.2, 0) is 4.74 Å². The Morgan fingerprint density at radius 3 is 2.32 bits per heavy atom. The van der Waals surface area contributed by atoms with Crippen molar-refractivity contribution in [3.05, 3.63) is 0 Å². The van der Waals surface area contributed by atoms with Crippen LogP contribution in [0.15, 0.2) is 0 Å². The Bertz CT molecular complexity index is 385. The maximum absolute atomic E-state index is 11.7. The van der Waals surface area contributed by atoms with Gasteiger partial charge in [-0.2, -0.15) is 0 Å². The molecule has 4 nitrogen and oxygen atoms in total. The largest absolute Gasteiger partial charge is 0.453 e. The van der Waals surface area contributed by atoms with Crippen molar-refractivity contribution in [1.82, 2.24) is 5.32 Å². The third-order valence-corrected chi connectivity index (χ3v) is 5.98. The number of carbonyl (C=O) groups excluding carboxylic acids is 1. The number of ether oxygens (including phenoxy) is 1. The minimum Gasteiger partial charge on any atom is -0.453 e. The van der Waals surface area contributed by atoms with Crippen LogP contribution >= 0.6 is 0 Å². The fraction of sp³-hybridized carbons (Fsp3) is 0.933. The van der Waals surface area contributed by atoms with E-state index in [2.05, 4.69) is 19.2 Å². The second kappa shape index (κ2) is 3.87. The number of carbonyl (C=O) groups is 1. The highest BCUT2D eigenvalue weighted by atomic mass is 16.5. The van der Waals surface area contributed by atoms with Crippen molar-refractivity contribution >= 4 is 6.09 Å². The lowest BCUT2D eigenvalue weighted by Gasteiger charge is -2.65. The molecule has 0 aromatic rings. The zero-order valence-corrected chi connectivity index (χ0v) is 12.3. The lowest BCUT2D eigenvalue weighted by molar-refractivity contribution is -0.110. The highest BCUT2D eigenvalue weighted by Gasteiger charge is 2.61. The molecule has 0 spiro atoms. The van der Waals surface area contributed by atoms with E-state index in [1.807, 2.05) is 0 Å². The van der Waals surface area contributed by atoms with Gasteiger partial charge >= 0.3 is 6.09 Å². The maximum atomic E-state index is 11.7. The minimum absolute atomic E-state index is 0.0617. The Morgan fingerprint density at radius 2 is 1.84 bits per heavy atom. The van der Waals surface area contributed by atoms with Gasteiger partial charge < -0.3 is 15.8 Å². The highest BCUT2D eigenvalue weighted by molar-refractivity contribution is 5.68. The number of rotatable bonds is 2. The van der Waals surface area contributed by atoms with Crippen LogP contribution in [0.2, 0.25) is 0 Å². The van der Waals surface area contributed by atoms with E-state index in [1.54, 1.807) is 0 Å². The quantitative estimate of drug-likeness (QED) is 0.806. The molecule has 2 unspecified atom stereocenters. The highest BCUT2D eigenvalue weighted by Crippen LogP contribution is 2.64. The van der Waals surface area contributed by atoms with Gasteiger partial charge in [-0.25, -0.2) is 4.79 Å². The van der Waals surface area contributed by atoms with E-state index in [1.165, 1.54) is 26.4 Å². The van der Waals surface area contributed by atoms with Gasteiger partial charge in [-0.05, 0) is 69.6 Å². The minimum atomic E-state index is -0.285. The standard InChI is InChI=1S/C15H26N2O2/c1-13(2,16)14-5-10-4-11(6-14)8-15(7-10,9-14)17-12(18)19-3/h10-11H,4-9,16H2,1-3H3,(H,17,18). The van der Waals surface area contributed by atoms with E-state index in [9.17, 15) is 4.79 Å². The molecular weight excluding hydrogens is 240 g/mol. The summed E-state index contributed by atoms with van der Waals surface area (Å²) in [4.78, 5) is 11.7. The van der Waals surface area contributed by atoms with Crippen LogP contribution in [0.4, 0.5) is 4.79 Å². The zero-order chi connectivity index (χ0) is 13.9. The topological polar surface area (TPSA) is 64.3 Å². The Kier molecular flexibility index (Phi) is 2.70. The molecule has 0 aliphatic heterocycles. The molecule has 0 saturated heterocycles. The van der Waals surface area contributed by atoms with Gasteiger partial charge in [0, 0.05) is 11.1 Å². The normalized spacial score (nSPS) is 44.2. The number of alkyl carbamates (subject to hydrolysis) is 1. The number of nitrogens with two attached hydrogens (primary N) is 1. The van der Waals surface area contributed by atoms with Gasteiger partial charge in [0.1, 0.15) is 0 Å². The van der Waals surface area contributed by atoms with E-state index in [0.717, 1.165) is 31.1 Å². The number of amides is 1. The van der Waals surface area contributed by atoms with Crippen LogP contribution in [0.5, 0.6) is 0 Å². The molecule has 0 radical (unpaired) electrons. The molecule has 0 aromatic carbocycles. The first-order valence-electron chi connectivity index (χ1n) is 7.43. The summed E-state index contributed by atoms with van der Waals surface area (Å²) in [6, 6.07) is 0. The molecule has 4 saturated carbocycles. The molecule has 4 aliphatic carbocycles. The SMILES string of the molecule is COC(=O)NC12CC3CC(C1)CC(C(C)(C)N)(C3)C2. The van der Waals surface area contributed by atoms with Crippen molar-refractivity contribution in [1.29, 1.82) is 0 Å². The first-order chi connectivity index (χ1) is 8.78. The lowest BCUT2D eigenvalue weighted by Crippen LogP contribution is -2.68. The van der Waals surface area contributed by atoms with E-state index in [4.69, 9.17) is 10.5 Å². The predicted octanol–water partition coefficient (Wildman–Crippen LogP) is 2.42. The Morgan fingerprint density at radius 1 is 1.26 bits per heavy atom. The monoisotopic (exact) mass is 266 g/mol. The molecule has 4 bridgehead atoms. The molecule has 4 aliphatic rings. The Balaban J connectivity index is 1.91. The van der Waals surface area contributed by atoms with Crippen molar-refractivity contribution < 1.29 is 9.53 Å². The van der Waals surface area contributed by atoms with Crippen molar-refractivity contribution in [2.24, 2.45) is 23.0 Å². The average Bonchev–Trinajstić information content (AvgIpc) is 2.24. The molecule has 4 heteroatoms. The Hall–Kier alpha value is -0.770. The molecule has 108 valence electrons. The van der Waals surface area contributed by atoms with Gasteiger partial charge in [-0.1, -0.05) is 0 Å². The molecular formula is C15H26N2O2. The zero-order valence-electron chi connectivity index (χ0n) is 12.3. The van der Waals surface area contributed by atoms with Crippen molar-refractivity contribution in [3.8, 4) is 0 Å². The first kappa shape index (κ1) is 13.2. The molecule has 0 aromatic heterocycles. The lowest BCUT2D eigenvalue weighted by atomic mass is 9.43. The second-order valence-corrected chi connectivity index (χ2v) is 7.86. The third kappa shape index (κ3) is 1.95. The fourth-order valence-electron chi connectivity index (χ4n) is 5.43. The number of hydrogen-bond donors (Lipinski definition) is 2. The van der Waals surface area contributed by atoms with Crippen LogP contribution in [0.1, 0.15) is 52.4 Å². The molecule has 4 fully saturated rings. The summed E-state index contributed by atoms with van der Waals surface area (Å²) in [5, 5.41) is 3.15. The summed E-state index contributed by atoms with van der Waals surface area (Å²) in [5.74, 6) is 1.45. The van der Waals surface area contributed by atoms with Crippen LogP contribution in [0.3, 0.4) is 0 Å². The van der Waals surface area contributed by atoms with Crippen molar-refractivity contribution in [3.63, 3.8) is 0 Å². The van der Waals surface area contributed by atoms with E-state index >= 15 is 0 Å². The first-order valence-corrected chi connectivity index (χ1v) is 7.43. The average molecular weight is 266 g/mol. The summed E-state index contributed by atoms with van der Waals surface area (Å²) in [7, 11) is 1.44. The van der Waals surface area contributed by atoms with Gasteiger partial charge in [0.25, 0.3) is 0 Å². The van der Waals surface area contributed by atoms with Crippen LogP contribution < -0.4 is 11.1 Å². The molecule has 19 heavy (non-hydrogen) atoms. The summed E-state index contributed by atoms with van der Waals surface area (Å²) < 4.78 is 4.83. The smallest absolute Gasteiger partial charge is 0.407 e. The summed E-state index contributed by atoms with van der Waals surface area (Å²) in [5.41, 5.74) is 6.47. The van der Waals surface area contributed by atoms with Crippen molar-refractivity contribution in [2.45, 2.75) is 63.5 Å².